The molecule has 142 heavy (non-hydrogen) atoms. The van der Waals surface area contributed by atoms with Gasteiger partial charge in [0.1, 0.15) is 52.1 Å². The van der Waals surface area contributed by atoms with Crippen LogP contribution in [-0.2, 0) is 0 Å². The quantitative estimate of drug-likeness (QED) is 0.0174. The van der Waals surface area contributed by atoms with E-state index in [9.17, 15) is 80.7 Å². The molecule has 0 radical (unpaired) electrons. The summed E-state index contributed by atoms with van der Waals surface area (Å²) in [6.45, 7) is 30.6. The zero-order valence-corrected chi connectivity index (χ0v) is 87.3. The van der Waals surface area contributed by atoms with Crippen molar-refractivity contribution in [2.24, 2.45) is 11.8 Å². The molecule has 8 aromatic rings. The molecule has 8 amide bonds. The Morgan fingerprint density at radius 1 is 0.401 bits per heavy atom. The second kappa shape index (κ2) is 43.5. The molecule has 41 heteroatoms. The van der Waals surface area contributed by atoms with Crippen LogP contribution in [0.1, 0.15) is 322 Å². The number of carbonyl (C=O) groups excluding carboxylic acids is 8. The normalized spacial score (nSPS) is 20.7. The highest BCUT2D eigenvalue weighted by atomic mass is 32.1. The highest BCUT2D eigenvalue weighted by molar-refractivity contribution is 7.18. The fourth-order valence-electron chi connectivity index (χ4n) is 19.6. The summed E-state index contributed by atoms with van der Waals surface area (Å²) in [5, 5.41) is 63.9. The first kappa shape index (κ1) is 107. The lowest BCUT2D eigenvalue weighted by Crippen LogP contribution is -2.38. The molecule has 7 aliphatic heterocycles. The van der Waals surface area contributed by atoms with Gasteiger partial charge in [-0.1, -0.05) is 13.8 Å². The van der Waals surface area contributed by atoms with Crippen molar-refractivity contribution >= 4 is 116 Å². The van der Waals surface area contributed by atoms with Crippen LogP contribution in [0.4, 0.5) is 45.2 Å². The summed E-state index contributed by atoms with van der Waals surface area (Å²) in [4.78, 5) is 151. The summed E-state index contributed by atoms with van der Waals surface area (Å²) >= 11 is 4.46. The Balaban J connectivity index is 0.000000150. The number of hydrogen-bond acceptors (Lipinski definition) is 28. The summed E-state index contributed by atoms with van der Waals surface area (Å²) in [5.74, 6) is -2.15. The average Bonchev–Trinajstić information content (AvgIpc) is 1.64. The van der Waals surface area contributed by atoms with E-state index in [0.717, 1.165) is 176 Å². The maximum absolute atomic E-state index is 14.0. The number of carbonyl (C=O) groups is 8. The van der Waals surface area contributed by atoms with Crippen molar-refractivity contribution < 1.29 is 80.7 Å². The van der Waals surface area contributed by atoms with Crippen molar-refractivity contribution in [3.8, 4) is 41.8 Å². The van der Waals surface area contributed by atoms with Crippen LogP contribution in [0.5, 0.6) is 0 Å². The maximum atomic E-state index is 14.0. The summed E-state index contributed by atoms with van der Waals surface area (Å²) < 4.78 is 66.8. The van der Waals surface area contributed by atoms with Crippen molar-refractivity contribution in [1.82, 2.24) is 80.7 Å². The van der Waals surface area contributed by atoms with Crippen molar-refractivity contribution in [2.75, 3.05) is 54.0 Å². The molecule has 6 bridgehead atoms. The number of halogens is 5. The number of aliphatic hydroxyl groups is 4. The number of fused-ring (bicyclic) bond motifs is 6. The number of aryl methyl sites for hydroxylation is 4. The van der Waals surface area contributed by atoms with E-state index in [1.54, 1.807) is 67.1 Å². The highest BCUT2D eigenvalue weighted by Crippen LogP contribution is 2.48. The number of hydrogen-bond donors (Lipinski definition) is 12. The third kappa shape index (κ3) is 26.3. The number of rotatable bonds is 32. The van der Waals surface area contributed by atoms with E-state index in [1.807, 2.05) is 67.5 Å². The Bertz CT molecular complexity index is 5730. The van der Waals surface area contributed by atoms with E-state index in [4.69, 9.17) is 0 Å². The van der Waals surface area contributed by atoms with Gasteiger partial charge in [0, 0.05) is 140 Å². The molecule has 7 saturated heterocycles. The van der Waals surface area contributed by atoms with Crippen LogP contribution < -0.4 is 42.5 Å². The number of aromatic nitrogens is 8. The summed E-state index contributed by atoms with van der Waals surface area (Å²) in [6.07, 6.45) is 21.2. The minimum Gasteiger partial charge on any atom is -0.389 e. The van der Waals surface area contributed by atoms with Crippen LogP contribution in [0, 0.1) is 39.5 Å². The Labute approximate surface area is 841 Å². The molecule has 9 fully saturated rings. The van der Waals surface area contributed by atoms with E-state index < -0.39 is 77.3 Å². The Hall–Kier alpha value is -10.4. The zero-order chi connectivity index (χ0) is 103. The third-order valence-electron chi connectivity index (χ3n) is 27.3. The van der Waals surface area contributed by atoms with Crippen LogP contribution >= 0.6 is 45.3 Å². The molecule has 4 atom stereocenters. The number of likely N-dealkylation sites (tertiary alicyclic amines) is 1. The van der Waals surface area contributed by atoms with Crippen LogP contribution in [0.15, 0.2) is 49.1 Å². The monoisotopic (exact) mass is 2040 g/mol. The predicted octanol–water partition coefficient (Wildman–Crippen LogP) is 16.6. The van der Waals surface area contributed by atoms with Gasteiger partial charge in [-0.25, -0.2) is 48.7 Å². The average molecular weight is 2040 g/mol. The molecule has 15 heterocycles. The number of nitrogens with zero attached hydrogens (tertiary/aromatic N) is 12. The molecular formula is C101H135F5N20O12S4. The maximum Gasteiger partial charge on any atom is 0.408 e. The van der Waals surface area contributed by atoms with Gasteiger partial charge >= 0.3 is 6.18 Å². The van der Waals surface area contributed by atoms with Crippen molar-refractivity contribution in [3.63, 3.8) is 0 Å². The van der Waals surface area contributed by atoms with E-state index in [1.165, 1.54) is 92.7 Å². The second-order valence-electron chi connectivity index (χ2n) is 42.4. The van der Waals surface area contributed by atoms with E-state index in [0.29, 0.717) is 54.9 Å². The van der Waals surface area contributed by atoms with Crippen LogP contribution in [-0.4, -0.2) is 261 Å². The second-order valence-corrected chi connectivity index (χ2v) is 46.4. The van der Waals surface area contributed by atoms with Gasteiger partial charge in [0.15, 0.2) is 20.0 Å². The van der Waals surface area contributed by atoms with Gasteiger partial charge in [-0.3, -0.25) is 38.4 Å². The fraction of sp³-hybridized carbons (Fsp3) is 0.604. The molecule has 0 unspecified atom stereocenters. The lowest BCUT2D eigenvalue weighted by molar-refractivity contribution is -0.138. The number of pyridine rings is 4. The lowest BCUT2D eigenvalue weighted by Gasteiger charge is -2.22. The number of anilines is 4. The van der Waals surface area contributed by atoms with Gasteiger partial charge in [0.2, 0.25) is 0 Å². The summed E-state index contributed by atoms with van der Waals surface area (Å²) in [6, 6.07) is 7.43. The molecule has 17 rings (SSSR count). The molecule has 2 aliphatic carbocycles. The Kier molecular flexibility index (Phi) is 32.9. The van der Waals surface area contributed by atoms with Crippen LogP contribution in [0.3, 0.4) is 0 Å². The number of amides is 8. The molecular weight excluding hydrogens is 1910 g/mol. The number of nitrogens with one attached hydrogen (secondary N) is 8. The predicted molar refractivity (Wildman–Crippen MR) is 540 cm³/mol. The molecule has 9 aliphatic rings. The fourth-order valence-corrected chi connectivity index (χ4v) is 23.8. The van der Waals surface area contributed by atoms with Gasteiger partial charge in [-0.2, -0.15) is 13.2 Å². The van der Waals surface area contributed by atoms with Gasteiger partial charge in [-0.05, 0) is 285 Å². The summed E-state index contributed by atoms with van der Waals surface area (Å²) in [5.41, 5.74) is 2.55. The first-order valence-corrected chi connectivity index (χ1v) is 52.7. The SMILES string of the molecule is CC[C@@H](Nc1cc(C)c(-c2sc(C(=O)NCC(C)(C)O)nc2C(=O)N2C3CCC2CC3)cn1)C1CC1.CC[C@H](Nc1cc(C)c(-c2sc(C(=O)NCC(C)(C)O)nc2C(=O)N2C3CCC2CC3)cn1)C1CC1.Cc1cc(NC(C)C)ncc1-c1sc(C(=O)NCC(C)(C)O)nc1C(=O)N1C2CCC1CC2.Cc1cc(N[C@@H](C)C(F)(F)F)ncc1-c1sc(C(=O)NCC(C)(C)O)nc1C(=O)N1CC(F)(F)C[C@@H]1C. The minimum absolute atomic E-state index is 0.0561. The molecule has 0 aromatic carbocycles. The first-order valence-electron chi connectivity index (χ1n) is 49.4. The molecule has 0 spiro atoms. The molecule has 12 N–H and O–H groups in total. The van der Waals surface area contributed by atoms with Crippen molar-refractivity contribution in [2.45, 2.75) is 348 Å². The smallest absolute Gasteiger partial charge is 0.389 e. The molecule has 2 saturated carbocycles. The number of alkyl halides is 5. The van der Waals surface area contributed by atoms with Crippen molar-refractivity contribution in [1.29, 1.82) is 0 Å². The van der Waals surface area contributed by atoms with Crippen LogP contribution in [0.25, 0.3) is 41.8 Å². The first-order chi connectivity index (χ1) is 66.7. The topological polar surface area (TPSA) is 430 Å². The lowest BCUT2D eigenvalue weighted by atomic mass is 10.0. The van der Waals surface area contributed by atoms with E-state index in [-0.39, 0.29) is 134 Å². The van der Waals surface area contributed by atoms with Gasteiger partial charge in [0.25, 0.3) is 53.2 Å². The molecule has 8 aromatic heterocycles. The standard InChI is InChI=1S/2C27H37N5O3S.C24H33N5O3S.C23H28F5N5O3S/c2*1-5-20(16-6-7-16)30-21-12-15(2)19(13-28-21)23-22(26(34)32-17-8-9-18(32)11-10-17)31-25(36-23)24(33)29-14-27(3,4)35;1-13(2)27-18-10-14(3)17(11-25-18)20-19(23(31)29-15-6-7-16(29)9-8-15)28-22(33-20)21(30)26-12-24(4,5)32;1-11-6-15(31-13(3)23(26,27)28)29-8-14(11)17-16(20(35)33-10-22(24,25)7-12(33)2)32-19(37-17)18(34)30-9-21(4,5)36/h2*12-13,16-18,20,35H,5-11,14H2,1-4H3,(H,28,30)(H,29,33);10-11,13,15-16,32H,6-9,12H2,1-5H3,(H,25,27)(H,26,30);6,8,12-13,36H,7,9-10H2,1-5H3,(H,29,31)(H,30,34)/t2*17?,18?,20-;;12-,13-/m10.0/s1. The van der Waals surface area contributed by atoms with Gasteiger partial charge in [-0.15, -0.1) is 45.3 Å². The minimum atomic E-state index is -4.49. The highest BCUT2D eigenvalue weighted by Gasteiger charge is 2.50. The van der Waals surface area contributed by atoms with Gasteiger partial charge in [0.05, 0.1) is 48.5 Å². The van der Waals surface area contributed by atoms with E-state index >= 15 is 0 Å². The Morgan fingerprint density at radius 3 is 0.859 bits per heavy atom. The molecule has 770 valence electrons. The van der Waals surface area contributed by atoms with E-state index in [2.05, 4.69) is 96.3 Å². The number of thiazole rings is 4. The van der Waals surface area contributed by atoms with Crippen LogP contribution in [0.2, 0.25) is 0 Å². The summed E-state index contributed by atoms with van der Waals surface area (Å²) in [7, 11) is 0. The largest absolute Gasteiger partial charge is 0.408 e. The van der Waals surface area contributed by atoms with Crippen molar-refractivity contribution in [3.05, 3.63) is 114 Å². The molecule has 32 nitrogen and oxygen atoms in total. The zero-order valence-electron chi connectivity index (χ0n) is 84.0. The van der Waals surface area contributed by atoms with Gasteiger partial charge < -0.3 is 82.6 Å². The third-order valence-corrected chi connectivity index (χ3v) is 31.7. The Morgan fingerprint density at radius 2 is 0.648 bits per heavy atom.